The highest BCUT2D eigenvalue weighted by Gasteiger charge is 2.02. The van der Waals surface area contributed by atoms with Gasteiger partial charge in [-0.05, 0) is 24.0 Å². The predicted molar refractivity (Wildman–Crippen MR) is 50.5 cm³/mol. The molecule has 1 aromatic carbocycles. The average Bonchev–Trinajstić information content (AvgIpc) is 2.17. The fraction of sp³-hybridized carbons (Fsp3) is 0.364. The van der Waals surface area contributed by atoms with E-state index in [1.54, 1.807) is 0 Å². The van der Waals surface area contributed by atoms with E-state index in [4.69, 9.17) is 0 Å². The molecule has 1 unspecified atom stereocenters. The van der Waals surface area contributed by atoms with E-state index in [1.165, 1.54) is 5.56 Å². The molecule has 1 heteroatoms. The molecule has 64 valence electrons. The number of carbonyl (C=O) groups is 1. The van der Waals surface area contributed by atoms with Crippen molar-refractivity contribution in [1.82, 2.24) is 0 Å². The third kappa shape index (κ3) is 1.94. The highest BCUT2D eigenvalue weighted by Crippen LogP contribution is 2.18. The van der Waals surface area contributed by atoms with Gasteiger partial charge >= 0.3 is 0 Å². The topological polar surface area (TPSA) is 17.1 Å². The lowest BCUT2D eigenvalue weighted by molar-refractivity contribution is 0.112. The lowest BCUT2D eigenvalue weighted by atomic mass is 9.97. The molecule has 0 saturated carbocycles. The lowest BCUT2D eigenvalue weighted by Gasteiger charge is -2.08. The fourth-order valence-corrected chi connectivity index (χ4v) is 1.17. The quantitative estimate of drug-likeness (QED) is 0.624. The molecule has 0 saturated heterocycles. The first-order valence-corrected chi connectivity index (χ1v) is 4.33. The molecule has 0 bridgehead atoms. The van der Waals surface area contributed by atoms with Crippen LogP contribution in [0.1, 0.15) is 42.1 Å². The molecular formula is C11H14O. The average molecular weight is 162 g/mol. The van der Waals surface area contributed by atoms with Gasteiger partial charge in [-0.15, -0.1) is 0 Å². The Hall–Kier alpha value is -1.11. The summed E-state index contributed by atoms with van der Waals surface area (Å²) in [6.07, 6.45) is 2.01. The largest absolute Gasteiger partial charge is 0.298 e. The maximum Gasteiger partial charge on any atom is 0.150 e. The molecule has 0 aliphatic heterocycles. The number of hydrogen-bond acceptors (Lipinski definition) is 1. The van der Waals surface area contributed by atoms with Crippen LogP contribution in [0.4, 0.5) is 0 Å². The zero-order valence-electron chi connectivity index (χ0n) is 7.58. The molecule has 1 atom stereocenters. The predicted octanol–water partition coefficient (Wildman–Crippen LogP) is 3.01. The Morgan fingerprint density at radius 3 is 2.83 bits per heavy atom. The molecule has 0 aliphatic carbocycles. The Bertz CT molecular complexity index is 265. The second-order valence-electron chi connectivity index (χ2n) is 3.10. The van der Waals surface area contributed by atoms with Crippen LogP contribution in [0.3, 0.4) is 0 Å². The molecule has 0 radical (unpaired) electrons. The number of hydrogen-bond donors (Lipinski definition) is 0. The van der Waals surface area contributed by atoms with Crippen molar-refractivity contribution in [3.05, 3.63) is 35.4 Å². The summed E-state index contributed by atoms with van der Waals surface area (Å²) in [6, 6.07) is 7.80. The van der Waals surface area contributed by atoms with E-state index in [-0.39, 0.29) is 0 Å². The summed E-state index contributed by atoms with van der Waals surface area (Å²) >= 11 is 0. The second kappa shape index (κ2) is 4.05. The molecular weight excluding hydrogens is 148 g/mol. The van der Waals surface area contributed by atoms with Gasteiger partial charge in [0.05, 0.1) is 0 Å². The van der Waals surface area contributed by atoms with Crippen molar-refractivity contribution in [3.8, 4) is 0 Å². The summed E-state index contributed by atoms with van der Waals surface area (Å²) < 4.78 is 0. The van der Waals surface area contributed by atoms with Gasteiger partial charge in [0, 0.05) is 5.56 Å². The van der Waals surface area contributed by atoms with E-state index >= 15 is 0 Å². The molecule has 12 heavy (non-hydrogen) atoms. The number of benzene rings is 1. The monoisotopic (exact) mass is 162 g/mol. The minimum atomic E-state index is 0.546. The van der Waals surface area contributed by atoms with Crippen molar-refractivity contribution in [2.75, 3.05) is 0 Å². The highest BCUT2D eigenvalue weighted by molar-refractivity contribution is 5.74. The third-order valence-electron chi connectivity index (χ3n) is 2.23. The first-order chi connectivity index (χ1) is 5.77. The van der Waals surface area contributed by atoms with Gasteiger partial charge in [0.25, 0.3) is 0 Å². The van der Waals surface area contributed by atoms with Crippen molar-refractivity contribution in [2.24, 2.45) is 0 Å². The Morgan fingerprint density at radius 1 is 1.50 bits per heavy atom. The first kappa shape index (κ1) is 8.98. The van der Waals surface area contributed by atoms with Gasteiger partial charge in [-0.2, -0.15) is 0 Å². The summed E-state index contributed by atoms with van der Waals surface area (Å²) in [7, 11) is 0. The van der Waals surface area contributed by atoms with Gasteiger partial charge in [-0.1, -0.05) is 32.0 Å². The number of aldehydes is 1. The maximum absolute atomic E-state index is 10.5. The molecule has 0 N–H and O–H groups in total. The SMILES string of the molecule is CCC(C)c1cccc(C=O)c1. The first-order valence-electron chi connectivity index (χ1n) is 4.33. The molecule has 0 aliphatic rings. The van der Waals surface area contributed by atoms with Crippen LogP contribution >= 0.6 is 0 Å². The van der Waals surface area contributed by atoms with E-state index < -0.39 is 0 Å². The van der Waals surface area contributed by atoms with Crippen LogP contribution in [0.15, 0.2) is 24.3 Å². The highest BCUT2D eigenvalue weighted by atomic mass is 16.1. The molecule has 0 amide bonds. The zero-order chi connectivity index (χ0) is 8.97. The Morgan fingerprint density at radius 2 is 2.25 bits per heavy atom. The molecule has 0 spiro atoms. The van der Waals surface area contributed by atoms with Crippen LogP contribution in [0, 0.1) is 0 Å². The summed E-state index contributed by atoms with van der Waals surface area (Å²) in [4.78, 5) is 10.5. The van der Waals surface area contributed by atoms with Gasteiger partial charge in [-0.25, -0.2) is 0 Å². The molecule has 0 heterocycles. The van der Waals surface area contributed by atoms with Crippen LogP contribution < -0.4 is 0 Å². The molecule has 1 rings (SSSR count). The molecule has 0 fully saturated rings. The molecule has 1 aromatic rings. The van der Waals surface area contributed by atoms with E-state index in [2.05, 4.69) is 19.9 Å². The zero-order valence-corrected chi connectivity index (χ0v) is 7.58. The Kier molecular flexibility index (Phi) is 3.03. The van der Waals surface area contributed by atoms with Gasteiger partial charge in [0.2, 0.25) is 0 Å². The van der Waals surface area contributed by atoms with Crippen molar-refractivity contribution < 1.29 is 4.79 Å². The minimum Gasteiger partial charge on any atom is -0.298 e. The maximum atomic E-state index is 10.5. The van der Waals surface area contributed by atoms with E-state index in [0.717, 1.165) is 18.3 Å². The minimum absolute atomic E-state index is 0.546. The van der Waals surface area contributed by atoms with Gasteiger partial charge in [0.1, 0.15) is 6.29 Å². The van der Waals surface area contributed by atoms with Crippen molar-refractivity contribution in [2.45, 2.75) is 26.2 Å². The van der Waals surface area contributed by atoms with Gasteiger partial charge in [0.15, 0.2) is 0 Å². The van der Waals surface area contributed by atoms with Crippen molar-refractivity contribution in [3.63, 3.8) is 0 Å². The van der Waals surface area contributed by atoms with E-state index in [0.29, 0.717) is 5.92 Å². The second-order valence-corrected chi connectivity index (χ2v) is 3.10. The van der Waals surface area contributed by atoms with Crippen molar-refractivity contribution >= 4 is 6.29 Å². The Labute approximate surface area is 73.4 Å². The van der Waals surface area contributed by atoms with Crippen LogP contribution in [0.25, 0.3) is 0 Å². The smallest absolute Gasteiger partial charge is 0.150 e. The van der Waals surface area contributed by atoms with E-state index in [1.807, 2.05) is 18.2 Å². The number of carbonyl (C=O) groups excluding carboxylic acids is 1. The van der Waals surface area contributed by atoms with Crippen LogP contribution in [-0.4, -0.2) is 6.29 Å². The Balaban J connectivity index is 2.93. The third-order valence-corrected chi connectivity index (χ3v) is 2.23. The van der Waals surface area contributed by atoms with E-state index in [9.17, 15) is 4.79 Å². The molecule has 1 nitrogen and oxygen atoms in total. The summed E-state index contributed by atoms with van der Waals surface area (Å²) in [6.45, 7) is 4.32. The number of rotatable bonds is 3. The van der Waals surface area contributed by atoms with Gasteiger partial charge in [-0.3, -0.25) is 4.79 Å². The van der Waals surface area contributed by atoms with Crippen LogP contribution in [0.2, 0.25) is 0 Å². The summed E-state index contributed by atoms with van der Waals surface area (Å²) in [5.41, 5.74) is 2.02. The van der Waals surface area contributed by atoms with Gasteiger partial charge < -0.3 is 0 Å². The fourth-order valence-electron chi connectivity index (χ4n) is 1.17. The van der Waals surface area contributed by atoms with Crippen molar-refractivity contribution in [1.29, 1.82) is 0 Å². The lowest BCUT2D eigenvalue weighted by Crippen LogP contribution is -1.92. The summed E-state index contributed by atoms with van der Waals surface area (Å²) in [5, 5.41) is 0. The summed E-state index contributed by atoms with van der Waals surface area (Å²) in [5.74, 6) is 0.546. The van der Waals surface area contributed by atoms with Crippen LogP contribution in [-0.2, 0) is 0 Å². The molecule has 0 aromatic heterocycles. The van der Waals surface area contributed by atoms with Crippen LogP contribution in [0.5, 0.6) is 0 Å². The normalized spacial score (nSPS) is 12.5. The standard InChI is InChI=1S/C11H14O/c1-3-9(2)11-6-4-5-10(7-11)8-12/h4-9H,3H2,1-2H3.